The molecule has 2 aromatic rings. The third-order valence-corrected chi connectivity index (χ3v) is 6.55. The van der Waals surface area contributed by atoms with E-state index >= 15 is 0 Å². The number of nitrogens with two attached hydrogens (primary N) is 1. The van der Waals surface area contributed by atoms with Crippen molar-refractivity contribution in [3.63, 3.8) is 0 Å². The maximum atomic E-state index is 12.8. The number of ether oxygens (including phenoxy) is 1. The number of alkyl carbamates (subject to hydrolysis) is 1. The van der Waals surface area contributed by atoms with Crippen molar-refractivity contribution in [3.8, 4) is 0 Å². The molecular weight excluding hydrogens is 568 g/mol. The quantitative estimate of drug-likeness (QED) is 0.218. The third-order valence-electron chi connectivity index (χ3n) is 6.55. The molecule has 2 aromatic carbocycles. The van der Waals surface area contributed by atoms with Gasteiger partial charge in [-0.15, -0.1) is 0 Å². The van der Waals surface area contributed by atoms with Gasteiger partial charge in [0.05, 0.1) is 0 Å². The number of carbonyl (C=O) groups excluding carboxylic acids is 6. The minimum atomic E-state index is -1.18. The summed E-state index contributed by atoms with van der Waals surface area (Å²) in [4.78, 5) is 75.8. The van der Waals surface area contributed by atoms with E-state index in [1.165, 1.54) is 13.8 Å². The van der Waals surface area contributed by atoms with Crippen LogP contribution in [-0.2, 0) is 35.3 Å². The Labute approximate surface area is 255 Å². The largest absolute Gasteiger partial charge is 0.445 e. The van der Waals surface area contributed by atoms with Gasteiger partial charge in [0.2, 0.25) is 17.7 Å². The molecule has 5 N–H and O–H groups in total. The Bertz CT molecular complexity index is 1410. The van der Waals surface area contributed by atoms with Gasteiger partial charge in [-0.25, -0.2) is 9.80 Å². The van der Waals surface area contributed by atoms with Crippen molar-refractivity contribution < 1.29 is 33.5 Å². The molecule has 1 heterocycles. The molecule has 0 fully saturated rings. The van der Waals surface area contributed by atoms with Crippen molar-refractivity contribution in [3.05, 3.63) is 90.0 Å². The average Bonchev–Trinajstić information content (AvgIpc) is 3.02. The summed E-state index contributed by atoms with van der Waals surface area (Å²) in [6.45, 7) is 2.88. The Morgan fingerprint density at radius 3 is 2.16 bits per heavy atom. The number of benzene rings is 2. The van der Waals surface area contributed by atoms with E-state index in [0.29, 0.717) is 24.5 Å². The van der Waals surface area contributed by atoms with Crippen LogP contribution in [0, 0.1) is 0 Å². The molecule has 0 radical (unpaired) electrons. The van der Waals surface area contributed by atoms with Gasteiger partial charge < -0.3 is 26.0 Å². The first-order valence-corrected chi connectivity index (χ1v) is 13.9. The van der Waals surface area contributed by atoms with Gasteiger partial charge in [-0.05, 0) is 37.0 Å². The molecule has 1 aliphatic rings. The van der Waals surface area contributed by atoms with Crippen LogP contribution in [0.4, 0.5) is 4.79 Å². The molecule has 0 aromatic heterocycles. The van der Waals surface area contributed by atoms with Crippen LogP contribution in [0.25, 0.3) is 5.57 Å². The van der Waals surface area contributed by atoms with Crippen LogP contribution in [0.1, 0.15) is 31.4 Å². The predicted molar refractivity (Wildman–Crippen MR) is 161 cm³/mol. The second-order valence-corrected chi connectivity index (χ2v) is 9.99. The van der Waals surface area contributed by atoms with Crippen molar-refractivity contribution in [1.82, 2.24) is 26.0 Å². The summed E-state index contributed by atoms with van der Waals surface area (Å²) in [6, 6.07) is 16.5. The fourth-order valence-electron chi connectivity index (χ4n) is 4.09. The van der Waals surface area contributed by atoms with Gasteiger partial charge >= 0.3 is 6.09 Å². The third kappa shape index (κ3) is 10.4. The Hall–Kier alpha value is -5.46. The van der Waals surface area contributed by atoms with Gasteiger partial charge in [0.25, 0.3) is 11.8 Å². The smallest absolute Gasteiger partial charge is 0.408 e. The molecule has 0 saturated carbocycles. The first-order valence-electron chi connectivity index (χ1n) is 13.9. The highest BCUT2D eigenvalue weighted by atomic mass is 16.5. The number of hydrazine groups is 1. The fourth-order valence-corrected chi connectivity index (χ4v) is 4.09. The number of carbonyl (C=O) groups is 6. The van der Waals surface area contributed by atoms with E-state index in [-0.39, 0.29) is 6.61 Å². The number of rotatable bonds is 11. The number of nitrogens with zero attached hydrogens (tertiary/aromatic N) is 2. The van der Waals surface area contributed by atoms with E-state index in [1.54, 1.807) is 29.2 Å². The van der Waals surface area contributed by atoms with Gasteiger partial charge in [-0.1, -0.05) is 66.7 Å². The van der Waals surface area contributed by atoms with Crippen LogP contribution < -0.4 is 21.8 Å². The van der Waals surface area contributed by atoms with Gasteiger partial charge in [0.1, 0.15) is 25.2 Å². The van der Waals surface area contributed by atoms with E-state index < -0.39 is 54.3 Å². The molecule has 2 unspecified atom stereocenters. The summed E-state index contributed by atoms with van der Waals surface area (Å²) in [6.07, 6.45) is 3.75. The second-order valence-electron chi connectivity index (χ2n) is 9.99. The number of hydrogen-bond acceptors (Lipinski definition) is 7. The molecule has 13 nitrogen and oxygen atoms in total. The molecule has 44 heavy (non-hydrogen) atoms. The zero-order valence-corrected chi connectivity index (χ0v) is 24.5. The second kappa shape index (κ2) is 16.2. The minimum absolute atomic E-state index is 0.00780. The Kier molecular flexibility index (Phi) is 12.2. The van der Waals surface area contributed by atoms with E-state index in [9.17, 15) is 28.8 Å². The van der Waals surface area contributed by atoms with Gasteiger partial charge in [0, 0.05) is 25.2 Å². The minimum Gasteiger partial charge on any atom is -0.445 e. The standard InChI is InChI=1S/C31H36N6O7/c1-21(34-31(43)44-20-23-9-5-3-6-10-23)29(41)33-22(2)30(42)35-37(19-26(32)38)28(40)14-13-27(39)36-17-15-25(16-18-36)24-11-7-4-8-12-24/h3-15,21-22H,16-20H2,1-2H3,(H2,32,38)(H,33,41)(H,34,43)(H,35,42)/b14-13+. The molecule has 3 rings (SSSR count). The molecule has 0 spiro atoms. The molecule has 1 aliphatic heterocycles. The van der Waals surface area contributed by atoms with Gasteiger partial charge in [0.15, 0.2) is 0 Å². The van der Waals surface area contributed by atoms with Gasteiger partial charge in [-0.2, -0.15) is 0 Å². The van der Waals surface area contributed by atoms with Crippen LogP contribution in [-0.4, -0.2) is 77.3 Å². The molecule has 0 aliphatic carbocycles. The Morgan fingerprint density at radius 1 is 0.909 bits per heavy atom. The summed E-state index contributed by atoms with van der Waals surface area (Å²) >= 11 is 0. The van der Waals surface area contributed by atoms with E-state index in [1.807, 2.05) is 42.5 Å². The van der Waals surface area contributed by atoms with Crippen LogP contribution in [0.15, 0.2) is 78.9 Å². The summed E-state index contributed by atoms with van der Waals surface area (Å²) in [5, 5.41) is 5.41. The molecule has 2 atom stereocenters. The van der Waals surface area contributed by atoms with Crippen LogP contribution in [0.3, 0.4) is 0 Å². The lowest BCUT2D eigenvalue weighted by Gasteiger charge is -2.26. The lowest BCUT2D eigenvalue weighted by Crippen LogP contribution is -2.56. The zero-order chi connectivity index (χ0) is 32.1. The molecule has 232 valence electrons. The van der Waals surface area contributed by atoms with Crippen LogP contribution in [0.2, 0.25) is 0 Å². The number of amides is 6. The van der Waals surface area contributed by atoms with Crippen LogP contribution >= 0.6 is 0 Å². The fraction of sp³-hybridized carbons (Fsp3) is 0.290. The van der Waals surface area contributed by atoms with Crippen molar-refractivity contribution in [2.45, 2.75) is 39.0 Å². The van der Waals surface area contributed by atoms with Crippen LogP contribution in [0.5, 0.6) is 0 Å². The molecule has 6 amide bonds. The highest BCUT2D eigenvalue weighted by molar-refractivity contribution is 5.99. The number of primary amides is 1. The van der Waals surface area contributed by atoms with E-state index in [2.05, 4.69) is 16.1 Å². The SMILES string of the molecule is CC(NC(=O)OCc1ccccc1)C(=O)NC(C)C(=O)NN(CC(N)=O)C(=O)/C=C/C(=O)N1CC=C(c2ccccc2)CC1. The summed E-state index contributed by atoms with van der Waals surface area (Å²) in [7, 11) is 0. The first kappa shape index (κ1) is 33.0. The maximum absolute atomic E-state index is 12.8. The van der Waals surface area contributed by atoms with Crippen molar-refractivity contribution >= 4 is 41.2 Å². The van der Waals surface area contributed by atoms with Gasteiger partial charge in [-0.3, -0.25) is 29.4 Å². The predicted octanol–water partition coefficient (Wildman–Crippen LogP) is 1.02. The lowest BCUT2D eigenvalue weighted by atomic mass is 9.99. The lowest BCUT2D eigenvalue weighted by molar-refractivity contribution is -0.142. The topological polar surface area (TPSA) is 180 Å². The monoisotopic (exact) mass is 604 g/mol. The van der Waals surface area contributed by atoms with E-state index in [0.717, 1.165) is 28.9 Å². The highest BCUT2D eigenvalue weighted by Crippen LogP contribution is 2.22. The van der Waals surface area contributed by atoms with E-state index in [4.69, 9.17) is 10.5 Å². The Morgan fingerprint density at radius 2 is 1.55 bits per heavy atom. The normalized spacial score (nSPS) is 14.0. The molecule has 0 bridgehead atoms. The molecule has 0 saturated heterocycles. The first-order chi connectivity index (χ1) is 21.0. The number of nitrogens with one attached hydrogen (secondary N) is 3. The maximum Gasteiger partial charge on any atom is 0.408 e. The Balaban J connectivity index is 1.49. The molecular formula is C31H36N6O7. The molecule has 13 heteroatoms. The average molecular weight is 605 g/mol. The van der Waals surface area contributed by atoms with Crippen molar-refractivity contribution in [1.29, 1.82) is 0 Å². The zero-order valence-electron chi connectivity index (χ0n) is 24.5. The summed E-state index contributed by atoms with van der Waals surface area (Å²) in [5.41, 5.74) is 10.4. The number of hydrogen-bond donors (Lipinski definition) is 4. The summed E-state index contributed by atoms with van der Waals surface area (Å²) in [5.74, 6) is -3.76. The summed E-state index contributed by atoms with van der Waals surface area (Å²) < 4.78 is 5.09. The van der Waals surface area contributed by atoms with Crippen molar-refractivity contribution in [2.24, 2.45) is 5.73 Å². The van der Waals surface area contributed by atoms with Crippen molar-refractivity contribution in [2.75, 3.05) is 19.6 Å². The highest BCUT2D eigenvalue weighted by Gasteiger charge is 2.25.